The maximum Gasteiger partial charge on any atom is 0.0324 e. The first-order valence-corrected chi connectivity index (χ1v) is 4.94. The number of nitrogens with zero attached hydrogens (tertiary/aromatic N) is 1. The van der Waals surface area contributed by atoms with E-state index in [1.807, 2.05) is 0 Å². The zero-order valence-corrected chi connectivity index (χ0v) is 8.05. The summed E-state index contributed by atoms with van der Waals surface area (Å²) in [6.45, 7) is 8.34. The molecule has 0 saturated carbocycles. The smallest absolute Gasteiger partial charge is 0.0324 e. The summed E-state index contributed by atoms with van der Waals surface area (Å²) < 4.78 is 0. The first-order valence-electron chi connectivity index (χ1n) is 4.94. The van der Waals surface area contributed by atoms with Crippen LogP contribution in [0.5, 0.6) is 0 Å². The van der Waals surface area contributed by atoms with Crippen LogP contribution in [0.3, 0.4) is 0 Å². The summed E-state index contributed by atoms with van der Waals surface area (Å²) in [6.07, 6.45) is 7.58. The van der Waals surface area contributed by atoms with E-state index < -0.39 is 0 Å². The minimum Gasteiger partial charge on any atom is -0.297 e. The van der Waals surface area contributed by atoms with Crippen molar-refractivity contribution in [1.29, 1.82) is 0 Å². The highest BCUT2D eigenvalue weighted by Gasteiger charge is 2.12. The Kier molecular flexibility index (Phi) is 4.13. The fourth-order valence-electron chi connectivity index (χ4n) is 1.78. The molecule has 0 spiro atoms. The van der Waals surface area contributed by atoms with Crippen LogP contribution in [0.15, 0.2) is 18.4 Å². The van der Waals surface area contributed by atoms with Crippen molar-refractivity contribution in [2.24, 2.45) is 0 Å². The van der Waals surface area contributed by atoms with Gasteiger partial charge < -0.3 is 0 Å². The third-order valence-corrected chi connectivity index (χ3v) is 2.58. The third kappa shape index (κ3) is 2.84. The highest BCUT2D eigenvalue weighted by molar-refractivity contribution is 4.89. The molecule has 0 aliphatic carbocycles. The molecule has 68 valence electrons. The summed E-state index contributed by atoms with van der Waals surface area (Å²) in [7, 11) is 0. The van der Waals surface area contributed by atoms with Crippen molar-refractivity contribution in [2.75, 3.05) is 13.1 Å². The average Bonchev–Trinajstić information content (AvgIpc) is 2.32. The van der Waals surface area contributed by atoms with Gasteiger partial charge in [-0.1, -0.05) is 19.4 Å². The van der Waals surface area contributed by atoms with Gasteiger partial charge in [0.05, 0.1) is 0 Å². The second kappa shape index (κ2) is 5.18. The Bertz CT molecular complexity index is 160. The van der Waals surface area contributed by atoms with Crippen LogP contribution >= 0.6 is 0 Å². The van der Waals surface area contributed by atoms with Gasteiger partial charge >= 0.3 is 0 Å². The molecule has 1 aliphatic heterocycles. The van der Waals surface area contributed by atoms with E-state index >= 15 is 0 Å². The van der Waals surface area contributed by atoms with Crippen LogP contribution in [0.1, 0.15) is 32.6 Å². The van der Waals surface area contributed by atoms with Crippen molar-refractivity contribution in [2.45, 2.75) is 38.6 Å². The lowest BCUT2D eigenvalue weighted by atomic mass is 10.2. The predicted octanol–water partition coefficient (Wildman–Crippen LogP) is 2.59. The molecule has 12 heavy (non-hydrogen) atoms. The zero-order valence-electron chi connectivity index (χ0n) is 8.05. The molecule has 1 fully saturated rings. The molecule has 1 heteroatoms. The van der Waals surface area contributed by atoms with E-state index in [0.29, 0.717) is 6.04 Å². The maximum atomic E-state index is 3.61. The summed E-state index contributed by atoms with van der Waals surface area (Å²) in [6, 6.07) is 0.528. The summed E-state index contributed by atoms with van der Waals surface area (Å²) in [4.78, 5) is 2.52. The molecule has 1 rings (SSSR count). The van der Waals surface area contributed by atoms with Gasteiger partial charge in [-0.3, -0.25) is 4.90 Å². The first-order chi connectivity index (χ1) is 5.84. The Morgan fingerprint density at radius 2 is 1.83 bits per heavy atom. The van der Waals surface area contributed by atoms with E-state index in [4.69, 9.17) is 0 Å². The lowest BCUT2D eigenvalue weighted by Gasteiger charge is -2.24. The molecule has 0 aromatic heterocycles. The van der Waals surface area contributed by atoms with Crippen LogP contribution < -0.4 is 0 Å². The molecule has 1 atom stereocenters. The molecule has 0 radical (unpaired) electrons. The van der Waals surface area contributed by atoms with E-state index in [9.17, 15) is 0 Å². The largest absolute Gasteiger partial charge is 0.297 e. The summed E-state index contributed by atoms with van der Waals surface area (Å²) in [5.74, 6) is 0. The minimum absolute atomic E-state index is 0.528. The summed E-state index contributed by atoms with van der Waals surface area (Å²) >= 11 is 0. The first kappa shape index (κ1) is 9.57. The molecule has 1 saturated heterocycles. The van der Waals surface area contributed by atoms with Gasteiger partial charge in [-0.15, -0.1) is 5.73 Å². The number of likely N-dealkylation sites (tertiary alicyclic amines) is 1. The normalized spacial score (nSPS) is 22.4. The van der Waals surface area contributed by atoms with Crippen LogP contribution in [-0.4, -0.2) is 24.0 Å². The minimum atomic E-state index is 0.528. The molecular formula is C11H19N. The molecule has 1 unspecified atom stereocenters. The Morgan fingerprint density at radius 1 is 1.25 bits per heavy atom. The van der Waals surface area contributed by atoms with Crippen molar-refractivity contribution in [3.8, 4) is 0 Å². The standard InChI is InChI=1S/C11H19N/c1-3-8-11(2)12-9-6-4-5-7-10-12/h8,11H,1,4-7,9-10H2,2H3. The van der Waals surface area contributed by atoms with Gasteiger partial charge in [0.15, 0.2) is 0 Å². The van der Waals surface area contributed by atoms with Gasteiger partial charge in [-0.2, -0.15) is 0 Å². The maximum absolute atomic E-state index is 3.61. The molecule has 1 heterocycles. The summed E-state index contributed by atoms with van der Waals surface area (Å²) in [5, 5.41) is 0. The Balaban J connectivity index is 2.42. The van der Waals surface area contributed by atoms with Gasteiger partial charge in [0.1, 0.15) is 0 Å². The quantitative estimate of drug-likeness (QED) is 0.568. The molecule has 0 amide bonds. The van der Waals surface area contributed by atoms with Crippen molar-refractivity contribution >= 4 is 0 Å². The van der Waals surface area contributed by atoms with Gasteiger partial charge in [0.2, 0.25) is 0 Å². The highest BCUT2D eigenvalue weighted by atomic mass is 15.1. The van der Waals surface area contributed by atoms with E-state index in [0.717, 1.165) is 0 Å². The Hall–Kier alpha value is -0.520. The molecule has 1 nitrogen and oxygen atoms in total. The van der Waals surface area contributed by atoms with E-state index in [1.165, 1.54) is 38.8 Å². The Morgan fingerprint density at radius 3 is 2.33 bits per heavy atom. The molecule has 1 aliphatic rings. The van der Waals surface area contributed by atoms with Crippen LogP contribution in [-0.2, 0) is 0 Å². The lowest BCUT2D eigenvalue weighted by molar-refractivity contribution is 0.251. The van der Waals surface area contributed by atoms with Crippen LogP contribution in [0, 0.1) is 0 Å². The number of hydrogen-bond donors (Lipinski definition) is 0. The van der Waals surface area contributed by atoms with Gasteiger partial charge in [-0.25, -0.2) is 0 Å². The van der Waals surface area contributed by atoms with Gasteiger partial charge in [0, 0.05) is 6.04 Å². The molecule has 0 aromatic rings. The second-order valence-corrected chi connectivity index (χ2v) is 3.56. The SMILES string of the molecule is C=C=CC(C)N1CCCCCC1. The number of rotatable bonds is 2. The number of hydrogen-bond acceptors (Lipinski definition) is 1. The van der Waals surface area contributed by atoms with Crippen LogP contribution in [0.4, 0.5) is 0 Å². The van der Waals surface area contributed by atoms with Gasteiger partial charge in [0.25, 0.3) is 0 Å². The van der Waals surface area contributed by atoms with Crippen molar-refractivity contribution in [3.63, 3.8) is 0 Å². The Labute approximate surface area is 75.8 Å². The molecular weight excluding hydrogens is 146 g/mol. The van der Waals surface area contributed by atoms with Crippen LogP contribution in [0.2, 0.25) is 0 Å². The zero-order chi connectivity index (χ0) is 8.81. The third-order valence-electron chi connectivity index (χ3n) is 2.58. The van der Waals surface area contributed by atoms with E-state index in [-0.39, 0.29) is 0 Å². The monoisotopic (exact) mass is 165 g/mol. The fourth-order valence-corrected chi connectivity index (χ4v) is 1.78. The van der Waals surface area contributed by atoms with Crippen LogP contribution in [0.25, 0.3) is 0 Å². The van der Waals surface area contributed by atoms with Gasteiger partial charge in [-0.05, 0) is 38.9 Å². The van der Waals surface area contributed by atoms with E-state index in [2.05, 4.69) is 30.2 Å². The highest BCUT2D eigenvalue weighted by Crippen LogP contribution is 2.12. The van der Waals surface area contributed by atoms with Crippen molar-refractivity contribution < 1.29 is 0 Å². The topological polar surface area (TPSA) is 3.24 Å². The fraction of sp³-hybridized carbons (Fsp3) is 0.727. The molecule has 0 bridgehead atoms. The van der Waals surface area contributed by atoms with E-state index in [1.54, 1.807) is 0 Å². The van der Waals surface area contributed by atoms with Crippen molar-refractivity contribution in [3.05, 3.63) is 18.4 Å². The molecule has 0 aromatic carbocycles. The second-order valence-electron chi connectivity index (χ2n) is 3.56. The summed E-state index contributed by atoms with van der Waals surface area (Å²) in [5.41, 5.74) is 2.87. The average molecular weight is 165 g/mol. The lowest BCUT2D eigenvalue weighted by Crippen LogP contribution is -2.32. The predicted molar refractivity (Wildman–Crippen MR) is 53.2 cm³/mol. The van der Waals surface area contributed by atoms with Crippen molar-refractivity contribution in [1.82, 2.24) is 4.90 Å². The molecule has 0 N–H and O–H groups in total.